The van der Waals surface area contributed by atoms with E-state index < -0.39 is 28.3 Å². The van der Waals surface area contributed by atoms with Gasteiger partial charge in [0, 0.05) is 36.4 Å². The van der Waals surface area contributed by atoms with E-state index in [-0.39, 0.29) is 18.0 Å². The molecule has 3 rings (SSSR count). The summed E-state index contributed by atoms with van der Waals surface area (Å²) < 4.78 is 39.0. The molecule has 1 heterocycles. The third kappa shape index (κ3) is 5.39. The SMILES string of the molecule is CS(=O)(=O)N(CC(=O)Nc1cccc(N2CCCC2=O)c1)Cc1ccccc1F. The van der Waals surface area contributed by atoms with Gasteiger partial charge in [0.1, 0.15) is 5.82 Å². The van der Waals surface area contributed by atoms with Gasteiger partial charge in [-0.2, -0.15) is 4.31 Å². The molecule has 0 aliphatic carbocycles. The van der Waals surface area contributed by atoms with Crippen LogP contribution in [0.15, 0.2) is 48.5 Å². The topological polar surface area (TPSA) is 86.8 Å². The molecule has 0 saturated carbocycles. The van der Waals surface area contributed by atoms with Gasteiger partial charge in [-0.1, -0.05) is 24.3 Å². The van der Waals surface area contributed by atoms with E-state index in [1.807, 2.05) is 0 Å². The van der Waals surface area contributed by atoms with Crippen LogP contribution in [0.5, 0.6) is 0 Å². The van der Waals surface area contributed by atoms with Crippen LogP contribution in [-0.2, 0) is 26.2 Å². The Balaban J connectivity index is 1.71. The van der Waals surface area contributed by atoms with Gasteiger partial charge >= 0.3 is 0 Å². The molecule has 0 bridgehead atoms. The molecule has 0 spiro atoms. The molecule has 29 heavy (non-hydrogen) atoms. The molecular weight excluding hydrogens is 397 g/mol. The molecule has 154 valence electrons. The second kappa shape index (κ2) is 8.71. The normalized spacial score (nSPS) is 14.4. The number of carbonyl (C=O) groups excluding carboxylic acids is 2. The summed E-state index contributed by atoms with van der Waals surface area (Å²) in [5.74, 6) is -1.07. The lowest BCUT2D eigenvalue weighted by Crippen LogP contribution is -2.37. The summed E-state index contributed by atoms with van der Waals surface area (Å²) in [7, 11) is -3.74. The highest BCUT2D eigenvalue weighted by Crippen LogP contribution is 2.24. The number of hydrogen-bond acceptors (Lipinski definition) is 4. The van der Waals surface area contributed by atoms with Gasteiger partial charge in [-0.05, 0) is 30.7 Å². The van der Waals surface area contributed by atoms with E-state index in [0.29, 0.717) is 24.3 Å². The van der Waals surface area contributed by atoms with Gasteiger partial charge in [0.15, 0.2) is 0 Å². The Hall–Kier alpha value is -2.78. The largest absolute Gasteiger partial charge is 0.325 e. The molecule has 2 aromatic rings. The number of anilines is 2. The Morgan fingerprint density at radius 2 is 1.97 bits per heavy atom. The fourth-order valence-electron chi connectivity index (χ4n) is 3.14. The molecule has 0 unspecified atom stereocenters. The molecule has 7 nitrogen and oxygen atoms in total. The van der Waals surface area contributed by atoms with Crippen molar-refractivity contribution >= 4 is 33.2 Å². The fourth-order valence-corrected chi connectivity index (χ4v) is 3.87. The number of sulfonamides is 1. The molecule has 0 radical (unpaired) electrons. The molecule has 1 N–H and O–H groups in total. The van der Waals surface area contributed by atoms with Crippen molar-refractivity contribution in [3.05, 3.63) is 59.9 Å². The maximum absolute atomic E-state index is 13.9. The van der Waals surface area contributed by atoms with Crippen molar-refractivity contribution in [3.8, 4) is 0 Å². The number of nitrogens with zero attached hydrogens (tertiary/aromatic N) is 2. The Morgan fingerprint density at radius 3 is 2.62 bits per heavy atom. The van der Waals surface area contributed by atoms with Gasteiger partial charge in [-0.15, -0.1) is 0 Å². The first-order valence-electron chi connectivity index (χ1n) is 9.13. The molecule has 1 saturated heterocycles. The van der Waals surface area contributed by atoms with E-state index in [0.717, 1.165) is 17.0 Å². The van der Waals surface area contributed by atoms with E-state index in [1.54, 1.807) is 35.2 Å². The maximum atomic E-state index is 13.9. The molecular formula is C20H22FN3O4S. The van der Waals surface area contributed by atoms with Gasteiger partial charge in [-0.3, -0.25) is 9.59 Å². The minimum absolute atomic E-state index is 0.0293. The summed E-state index contributed by atoms with van der Waals surface area (Å²) in [6.07, 6.45) is 2.26. The summed E-state index contributed by atoms with van der Waals surface area (Å²) in [6, 6.07) is 12.6. The van der Waals surface area contributed by atoms with Gasteiger partial charge in [0.2, 0.25) is 21.8 Å². The molecule has 2 aromatic carbocycles. The van der Waals surface area contributed by atoms with Crippen LogP contribution in [0.1, 0.15) is 18.4 Å². The standard InChI is InChI=1S/C20H22FN3O4S/c1-29(27,28)23(13-15-6-2-3-9-18(15)21)14-19(25)22-16-7-4-8-17(12-16)24-11-5-10-20(24)26/h2-4,6-9,12H,5,10-11,13-14H2,1H3,(H,22,25). The van der Waals surface area contributed by atoms with Crippen molar-refractivity contribution in [1.82, 2.24) is 4.31 Å². The zero-order valence-electron chi connectivity index (χ0n) is 16.0. The highest BCUT2D eigenvalue weighted by atomic mass is 32.2. The Labute approximate surface area is 169 Å². The van der Waals surface area contributed by atoms with E-state index in [4.69, 9.17) is 0 Å². The number of nitrogens with one attached hydrogen (secondary N) is 1. The third-order valence-electron chi connectivity index (χ3n) is 4.61. The van der Waals surface area contributed by atoms with Crippen molar-refractivity contribution in [2.24, 2.45) is 0 Å². The maximum Gasteiger partial charge on any atom is 0.239 e. The van der Waals surface area contributed by atoms with Crippen LogP contribution in [0.3, 0.4) is 0 Å². The Morgan fingerprint density at radius 1 is 1.21 bits per heavy atom. The molecule has 1 fully saturated rings. The second-order valence-electron chi connectivity index (χ2n) is 6.87. The van der Waals surface area contributed by atoms with Gasteiger partial charge in [0.25, 0.3) is 0 Å². The monoisotopic (exact) mass is 419 g/mol. The van der Waals surface area contributed by atoms with E-state index >= 15 is 0 Å². The van der Waals surface area contributed by atoms with Crippen LogP contribution in [-0.4, -0.2) is 43.9 Å². The zero-order chi connectivity index (χ0) is 21.0. The van der Waals surface area contributed by atoms with Crippen LogP contribution in [0.4, 0.5) is 15.8 Å². The van der Waals surface area contributed by atoms with Gasteiger partial charge < -0.3 is 10.2 Å². The quantitative estimate of drug-likeness (QED) is 0.746. The average Bonchev–Trinajstić information content (AvgIpc) is 3.08. The number of rotatable bonds is 7. The number of benzene rings is 2. The van der Waals surface area contributed by atoms with Crippen LogP contribution in [0.25, 0.3) is 0 Å². The lowest BCUT2D eigenvalue weighted by Gasteiger charge is -2.20. The third-order valence-corrected chi connectivity index (χ3v) is 5.80. The van der Waals surface area contributed by atoms with Crippen molar-refractivity contribution in [3.63, 3.8) is 0 Å². The molecule has 2 amide bonds. The van der Waals surface area contributed by atoms with Crippen molar-refractivity contribution < 1.29 is 22.4 Å². The van der Waals surface area contributed by atoms with Gasteiger partial charge in [-0.25, -0.2) is 12.8 Å². The highest BCUT2D eigenvalue weighted by molar-refractivity contribution is 7.88. The Bertz CT molecular complexity index is 1030. The number of halogens is 1. The van der Waals surface area contributed by atoms with Gasteiger partial charge in [0.05, 0.1) is 12.8 Å². The summed E-state index contributed by atoms with van der Waals surface area (Å²) in [6.45, 7) is -0.0813. The summed E-state index contributed by atoms with van der Waals surface area (Å²) in [5.41, 5.74) is 1.31. The molecule has 0 atom stereocenters. The molecule has 1 aliphatic rings. The first kappa shape index (κ1) is 20.9. The Kier molecular flexibility index (Phi) is 6.29. The summed E-state index contributed by atoms with van der Waals surface area (Å²) in [4.78, 5) is 26.0. The zero-order valence-corrected chi connectivity index (χ0v) is 16.8. The number of carbonyl (C=O) groups is 2. The lowest BCUT2D eigenvalue weighted by molar-refractivity contribution is -0.117. The first-order valence-corrected chi connectivity index (χ1v) is 11.0. The lowest BCUT2D eigenvalue weighted by atomic mass is 10.2. The van der Waals surface area contributed by atoms with Crippen LogP contribution in [0.2, 0.25) is 0 Å². The summed E-state index contributed by atoms with van der Waals surface area (Å²) >= 11 is 0. The number of amides is 2. The minimum Gasteiger partial charge on any atom is -0.325 e. The molecule has 0 aromatic heterocycles. The van der Waals surface area contributed by atoms with Crippen LogP contribution in [0, 0.1) is 5.82 Å². The first-order chi connectivity index (χ1) is 13.7. The smallest absolute Gasteiger partial charge is 0.239 e. The summed E-state index contributed by atoms with van der Waals surface area (Å²) in [5, 5.41) is 2.65. The van der Waals surface area contributed by atoms with Crippen molar-refractivity contribution in [2.75, 3.05) is 29.6 Å². The fraction of sp³-hybridized carbons (Fsp3) is 0.300. The van der Waals surface area contributed by atoms with E-state index in [2.05, 4.69) is 5.32 Å². The number of hydrogen-bond donors (Lipinski definition) is 1. The van der Waals surface area contributed by atoms with Crippen molar-refractivity contribution in [1.29, 1.82) is 0 Å². The van der Waals surface area contributed by atoms with E-state index in [1.165, 1.54) is 18.2 Å². The predicted molar refractivity (Wildman–Crippen MR) is 108 cm³/mol. The molecule has 1 aliphatic heterocycles. The molecule has 9 heteroatoms. The van der Waals surface area contributed by atoms with E-state index in [9.17, 15) is 22.4 Å². The minimum atomic E-state index is -3.74. The highest BCUT2D eigenvalue weighted by Gasteiger charge is 2.23. The second-order valence-corrected chi connectivity index (χ2v) is 8.85. The van der Waals surface area contributed by atoms with Crippen LogP contribution >= 0.6 is 0 Å². The van der Waals surface area contributed by atoms with Crippen molar-refractivity contribution in [2.45, 2.75) is 19.4 Å². The van der Waals surface area contributed by atoms with Crippen LogP contribution < -0.4 is 10.2 Å². The average molecular weight is 419 g/mol. The predicted octanol–water partition coefficient (Wildman–Crippen LogP) is 2.35.